The van der Waals surface area contributed by atoms with Gasteiger partial charge < -0.3 is 20.7 Å². The van der Waals surface area contributed by atoms with E-state index in [2.05, 4.69) is 20.2 Å². The van der Waals surface area contributed by atoms with E-state index < -0.39 is 0 Å². The molecule has 4 rings (SSSR count). The molecule has 4 N–H and O–H groups in total. The predicted molar refractivity (Wildman–Crippen MR) is 117 cm³/mol. The van der Waals surface area contributed by atoms with Gasteiger partial charge in [0.1, 0.15) is 5.82 Å². The van der Waals surface area contributed by atoms with Crippen molar-refractivity contribution >= 4 is 50.9 Å². The predicted octanol–water partition coefficient (Wildman–Crippen LogP) is 3.11. The molecule has 1 aliphatic heterocycles. The summed E-state index contributed by atoms with van der Waals surface area (Å²) >= 11 is 0. The first-order valence-electron chi connectivity index (χ1n) is 8.31. The number of halogens is 3. The lowest BCUT2D eigenvalue weighted by molar-refractivity contribution is 0.476. The number of fused-ring (bicyclic) bond motifs is 1. The first-order valence-corrected chi connectivity index (χ1v) is 8.31. The summed E-state index contributed by atoms with van der Waals surface area (Å²) in [6.07, 6.45) is 5.75. The van der Waals surface area contributed by atoms with Crippen molar-refractivity contribution in [1.82, 2.24) is 19.9 Å². The quantitative estimate of drug-likeness (QED) is 0.571. The van der Waals surface area contributed by atoms with Gasteiger partial charge in [0.2, 0.25) is 5.95 Å². The van der Waals surface area contributed by atoms with E-state index in [9.17, 15) is 4.39 Å². The zero-order chi connectivity index (χ0) is 16.4. The van der Waals surface area contributed by atoms with Crippen molar-refractivity contribution in [1.29, 1.82) is 0 Å². The Bertz CT molecular complexity index is 837. The molecule has 0 amide bonds. The molecule has 0 spiro atoms. The summed E-state index contributed by atoms with van der Waals surface area (Å²) in [6.45, 7) is 2.69. The van der Waals surface area contributed by atoms with Crippen molar-refractivity contribution in [2.45, 2.75) is 25.4 Å². The summed E-state index contributed by atoms with van der Waals surface area (Å²) in [4.78, 5) is 8.97. The third-order valence-electron chi connectivity index (χ3n) is 4.48. The highest BCUT2D eigenvalue weighted by molar-refractivity contribution is 8.93. The lowest BCUT2D eigenvalue weighted by Gasteiger charge is -2.24. The van der Waals surface area contributed by atoms with Crippen LogP contribution in [0.15, 0.2) is 42.7 Å². The van der Waals surface area contributed by atoms with Crippen LogP contribution in [0.4, 0.5) is 10.3 Å². The summed E-state index contributed by atoms with van der Waals surface area (Å²) in [7, 11) is 0. The number of anilines is 1. The largest absolute Gasteiger partial charge is 0.412 e. The molecule has 2 aromatic heterocycles. The van der Waals surface area contributed by atoms with Gasteiger partial charge in [-0.2, -0.15) is 0 Å². The number of rotatable bonds is 4. The van der Waals surface area contributed by atoms with Gasteiger partial charge in [-0.05, 0) is 49.7 Å². The number of imidazole rings is 1. The molecule has 0 radical (unpaired) electrons. The van der Waals surface area contributed by atoms with E-state index in [-0.39, 0.29) is 45.3 Å². The maximum absolute atomic E-state index is 13.2. The highest BCUT2D eigenvalue weighted by atomic mass is 79.9. The van der Waals surface area contributed by atoms with Crippen LogP contribution in [0.3, 0.4) is 0 Å². The summed E-state index contributed by atoms with van der Waals surface area (Å²) in [6, 6.07) is 8.95. The smallest absolute Gasteiger partial charge is 0.204 e. The number of piperidine rings is 1. The van der Waals surface area contributed by atoms with Crippen molar-refractivity contribution < 1.29 is 9.87 Å². The lowest BCUT2D eigenvalue weighted by atomic mass is 10.1. The van der Waals surface area contributed by atoms with Gasteiger partial charge in [0.15, 0.2) is 0 Å². The van der Waals surface area contributed by atoms with Crippen LogP contribution in [-0.4, -0.2) is 39.1 Å². The molecule has 1 aliphatic rings. The second kappa shape index (κ2) is 10.7. The maximum Gasteiger partial charge on any atom is 0.204 e. The van der Waals surface area contributed by atoms with Gasteiger partial charge in [0, 0.05) is 12.2 Å². The standard InChI is InChI=1S/C18H20FN5.2BrH.H2O/c19-14-3-1-13(2-4-14)12-24-17-11-21-10-7-16(17)23-18(24)22-15-5-8-20-9-6-15;;;/h1-4,7,10-11,15,20H,5-6,8-9,12H2,(H,22,23);2*1H;1H2. The van der Waals surface area contributed by atoms with E-state index in [0.717, 1.165) is 48.5 Å². The molecule has 1 saturated heterocycles. The number of benzene rings is 1. The number of hydrogen-bond donors (Lipinski definition) is 2. The summed E-state index contributed by atoms with van der Waals surface area (Å²) in [5, 5.41) is 6.95. The number of aromatic nitrogens is 3. The number of nitrogens with zero attached hydrogens (tertiary/aromatic N) is 3. The molecule has 0 aliphatic carbocycles. The van der Waals surface area contributed by atoms with Crippen LogP contribution in [0.2, 0.25) is 0 Å². The average Bonchev–Trinajstić information content (AvgIpc) is 2.95. The van der Waals surface area contributed by atoms with Crippen LogP contribution in [0.5, 0.6) is 0 Å². The zero-order valence-corrected chi connectivity index (χ0v) is 18.1. The highest BCUT2D eigenvalue weighted by Crippen LogP contribution is 2.22. The topological polar surface area (TPSA) is 86.3 Å². The molecule has 9 heteroatoms. The normalized spacial score (nSPS) is 14.0. The van der Waals surface area contributed by atoms with Crippen LogP contribution < -0.4 is 10.6 Å². The van der Waals surface area contributed by atoms with E-state index in [0.29, 0.717) is 12.6 Å². The minimum atomic E-state index is -0.219. The molecule has 3 heterocycles. The Morgan fingerprint density at radius 1 is 1.11 bits per heavy atom. The lowest BCUT2D eigenvalue weighted by Crippen LogP contribution is -2.36. The molecule has 3 aromatic rings. The molecular formula is C18H24Br2FN5O. The Kier molecular flexibility index (Phi) is 9.31. The van der Waals surface area contributed by atoms with Crippen LogP contribution in [0.25, 0.3) is 11.0 Å². The third kappa shape index (κ3) is 5.47. The van der Waals surface area contributed by atoms with Crippen LogP contribution in [0, 0.1) is 5.82 Å². The fraction of sp³-hybridized carbons (Fsp3) is 0.333. The summed E-state index contributed by atoms with van der Waals surface area (Å²) in [5.41, 5.74) is 2.94. The Labute approximate surface area is 178 Å². The average molecular weight is 505 g/mol. The van der Waals surface area contributed by atoms with Gasteiger partial charge in [0.05, 0.1) is 23.8 Å². The van der Waals surface area contributed by atoms with Crippen molar-refractivity contribution in [2.75, 3.05) is 18.4 Å². The van der Waals surface area contributed by atoms with Crippen molar-refractivity contribution in [3.8, 4) is 0 Å². The van der Waals surface area contributed by atoms with Gasteiger partial charge in [0.25, 0.3) is 0 Å². The SMILES string of the molecule is Br.Br.Fc1ccc(Cn2c(NC3CCNCC3)nc3ccncc32)cc1.O. The zero-order valence-electron chi connectivity index (χ0n) is 14.7. The summed E-state index contributed by atoms with van der Waals surface area (Å²) < 4.78 is 15.3. The molecule has 27 heavy (non-hydrogen) atoms. The Morgan fingerprint density at radius 3 is 2.52 bits per heavy atom. The molecule has 6 nitrogen and oxygen atoms in total. The fourth-order valence-electron chi connectivity index (χ4n) is 3.16. The molecule has 148 valence electrons. The van der Waals surface area contributed by atoms with Gasteiger partial charge in [-0.25, -0.2) is 9.37 Å². The first kappa shape index (κ1) is 23.5. The van der Waals surface area contributed by atoms with E-state index in [1.165, 1.54) is 12.1 Å². The first-order chi connectivity index (χ1) is 11.8. The van der Waals surface area contributed by atoms with Crippen molar-refractivity contribution in [3.05, 3.63) is 54.1 Å². The Balaban J connectivity index is 0.00000121. The minimum absolute atomic E-state index is 0. The highest BCUT2D eigenvalue weighted by Gasteiger charge is 2.17. The molecule has 1 aromatic carbocycles. The Hall–Kier alpha value is -1.55. The van der Waals surface area contributed by atoms with Crippen molar-refractivity contribution in [3.63, 3.8) is 0 Å². The van der Waals surface area contributed by atoms with E-state index in [1.54, 1.807) is 6.20 Å². The molecule has 1 fully saturated rings. The third-order valence-corrected chi connectivity index (χ3v) is 4.48. The molecule has 0 saturated carbocycles. The molecular weight excluding hydrogens is 481 g/mol. The second-order valence-corrected chi connectivity index (χ2v) is 6.18. The van der Waals surface area contributed by atoms with Crippen molar-refractivity contribution in [2.24, 2.45) is 0 Å². The fourth-order valence-corrected chi connectivity index (χ4v) is 3.16. The minimum Gasteiger partial charge on any atom is -0.412 e. The Morgan fingerprint density at radius 2 is 1.81 bits per heavy atom. The van der Waals surface area contributed by atoms with Crippen LogP contribution in [-0.2, 0) is 6.54 Å². The molecule has 0 unspecified atom stereocenters. The maximum atomic E-state index is 13.2. The second-order valence-electron chi connectivity index (χ2n) is 6.18. The van der Waals surface area contributed by atoms with E-state index in [4.69, 9.17) is 4.98 Å². The van der Waals surface area contributed by atoms with Crippen LogP contribution in [0.1, 0.15) is 18.4 Å². The number of pyridine rings is 1. The van der Waals surface area contributed by atoms with E-state index >= 15 is 0 Å². The molecule has 0 atom stereocenters. The monoisotopic (exact) mass is 503 g/mol. The van der Waals surface area contributed by atoms with Gasteiger partial charge >= 0.3 is 0 Å². The summed E-state index contributed by atoms with van der Waals surface area (Å²) in [5.74, 6) is 0.637. The van der Waals surface area contributed by atoms with E-state index in [1.807, 2.05) is 24.4 Å². The number of nitrogens with one attached hydrogen (secondary N) is 2. The van der Waals surface area contributed by atoms with Gasteiger partial charge in [-0.1, -0.05) is 12.1 Å². The molecule has 0 bridgehead atoms. The van der Waals surface area contributed by atoms with Crippen LogP contribution >= 0.6 is 34.0 Å². The van der Waals surface area contributed by atoms with Gasteiger partial charge in [-0.15, -0.1) is 34.0 Å². The number of hydrogen-bond acceptors (Lipinski definition) is 4. The van der Waals surface area contributed by atoms with Gasteiger partial charge in [-0.3, -0.25) is 4.98 Å².